The van der Waals surface area contributed by atoms with Crippen LogP contribution in [0, 0.1) is 11.8 Å². The molecule has 2 aliphatic carbocycles. The van der Waals surface area contributed by atoms with E-state index in [1.807, 2.05) is 44.9 Å². The molecule has 2 aromatic heterocycles. The van der Waals surface area contributed by atoms with Crippen LogP contribution in [0.5, 0.6) is 5.75 Å². The van der Waals surface area contributed by atoms with Crippen molar-refractivity contribution in [1.29, 1.82) is 0 Å². The Kier molecular flexibility index (Phi) is 6.76. The molecule has 2 saturated carbocycles. The van der Waals surface area contributed by atoms with Crippen molar-refractivity contribution >= 4 is 49.9 Å². The Balaban J connectivity index is 1.23. The normalized spacial score (nSPS) is 21.6. The van der Waals surface area contributed by atoms with Crippen LogP contribution in [0.15, 0.2) is 40.9 Å². The van der Waals surface area contributed by atoms with Crippen molar-refractivity contribution in [3.63, 3.8) is 0 Å². The lowest BCUT2D eigenvalue weighted by molar-refractivity contribution is 0.0485. The van der Waals surface area contributed by atoms with E-state index in [9.17, 15) is 9.59 Å². The number of ether oxygens (including phenoxy) is 2. The predicted octanol–water partition coefficient (Wildman–Crippen LogP) is 6.50. The van der Waals surface area contributed by atoms with Crippen molar-refractivity contribution in [2.45, 2.75) is 70.7 Å². The number of benzene rings is 2. The number of carbonyl (C=O) groups excluding carboxylic acids is 2. The van der Waals surface area contributed by atoms with Crippen molar-refractivity contribution in [2.24, 2.45) is 18.9 Å². The summed E-state index contributed by atoms with van der Waals surface area (Å²) >= 11 is 3.78. The molecule has 2 amide bonds. The van der Waals surface area contributed by atoms with Crippen LogP contribution in [0.25, 0.3) is 33.5 Å². The minimum Gasteiger partial charge on any atom is -0.494 e. The molecule has 3 aliphatic rings. The summed E-state index contributed by atoms with van der Waals surface area (Å²) in [6.07, 6.45) is 3.89. The maximum atomic E-state index is 14.0. The van der Waals surface area contributed by atoms with Gasteiger partial charge in [0.1, 0.15) is 16.9 Å². The van der Waals surface area contributed by atoms with Gasteiger partial charge in [-0.3, -0.25) is 4.79 Å². The fourth-order valence-electron chi connectivity index (χ4n) is 7.09. The van der Waals surface area contributed by atoms with Crippen LogP contribution >= 0.6 is 15.9 Å². The molecule has 9 nitrogen and oxygen atoms in total. The van der Waals surface area contributed by atoms with Gasteiger partial charge in [0.25, 0.3) is 5.91 Å². The summed E-state index contributed by atoms with van der Waals surface area (Å²) in [5.74, 6) is 2.27. The number of piperidine rings is 1. The number of nitrogens with zero attached hydrogens (tertiary/aromatic N) is 4. The first-order chi connectivity index (χ1) is 20.5. The Morgan fingerprint density at radius 1 is 1.09 bits per heavy atom. The van der Waals surface area contributed by atoms with E-state index in [1.165, 1.54) is 23.7 Å². The molecular formula is C33H38BrN5O4. The summed E-state index contributed by atoms with van der Waals surface area (Å²) in [6.45, 7) is 7.10. The molecule has 1 aliphatic heterocycles. The summed E-state index contributed by atoms with van der Waals surface area (Å²) in [5, 5.41) is 4.22. The summed E-state index contributed by atoms with van der Waals surface area (Å²) in [4.78, 5) is 33.6. The molecular weight excluding hydrogens is 610 g/mol. The first-order valence-corrected chi connectivity index (χ1v) is 15.9. The highest BCUT2D eigenvalue weighted by Gasteiger charge is 2.50. The Morgan fingerprint density at radius 3 is 2.60 bits per heavy atom. The van der Waals surface area contributed by atoms with Crippen molar-refractivity contribution in [1.82, 2.24) is 24.3 Å². The number of imidazole rings is 1. The zero-order valence-electron chi connectivity index (χ0n) is 25.3. The topological polar surface area (TPSA) is 90.6 Å². The molecule has 4 aromatic rings. The van der Waals surface area contributed by atoms with Crippen molar-refractivity contribution < 1.29 is 19.1 Å². The molecule has 226 valence electrons. The fraction of sp³-hybridized carbons (Fsp3) is 0.485. The van der Waals surface area contributed by atoms with E-state index in [1.54, 1.807) is 7.11 Å². The second-order valence-electron chi connectivity index (χ2n) is 13.3. The van der Waals surface area contributed by atoms with Gasteiger partial charge >= 0.3 is 6.09 Å². The summed E-state index contributed by atoms with van der Waals surface area (Å²) in [6, 6.07) is 12.0. The minimum atomic E-state index is -0.576. The first kappa shape index (κ1) is 28.3. The molecule has 3 unspecified atom stereocenters. The van der Waals surface area contributed by atoms with Gasteiger partial charge in [0.15, 0.2) is 5.82 Å². The predicted molar refractivity (Wildman–Crippen MR) is 169 cm³/mol. The zero-order valence-corrected chi connectivity index (χ0v) is 26.9. The number of hydrogen-bond donors (Lipinski definition) is 1. The number of fused-ring (bicyclic) bond motifs is 4. The smallest absolute Gasteiger partial charge is 0.407 e. The zero-order chi connectivity index (χ0) is 30.2. The highest BCUT2D eigenvalue weighted by Crippen LogP contribution is 2.41. The summed E-state index contributed by atoms with van der Waals surface area (Å²) in [5.41, 5.74) is 3.76. The Hall–Kier alpha value is -3.53. The van der Waals surface area contributed by atoms with Gasteiger partial charge in [-0.1, -0.05) is 12.1 Å². The van der Waals surface area contributed by atoms with E-state index in [0.29, 0.717) is 23.8 Å². The van der Waals surface area contributed by atoms with Gasteiger partial charge in [-0.2, -0.15) is 0 Å². The number of amides is 2. The number of para-hydroxylation sites is 1. The van der Waals surface area contributed by atoms with Crippen LogP contribution in [0.1, 0.15) is 56.8 Å². The molecule has 7 rings (SSSR count). The molecule has 3 fully saturated rings. The number of aryl methyl sites for hydroxylation is 1. The average molecular weight is 649 g/mol. The monoisotopic (exact) mass is 647 g/mol. The fourth-order valence-corrected chi connectivity index (χ4v) is 7.68. The number of halogens is 1. The second-order valence-corrected chi connectivity index (χ2v) is 14.2. The number of carbonyl (C=O) groups is 2. The van der Waals surface area contributed by atoms with E-state index in [-0.39, 0.29) is 23.9 Å². The quantitative estimate of drug-likeness (QED) is 0.258. The van der Waals surface area contributed by atoms with Gasteiger partial charge in [0, 0.05) is 35.6 Å². The Morgan fingerprint density at radius 2 is 1.88 bits per heavy atom. The Labute approximate surface area is 259 Å². The molecule has 3 heterocycles. The molecule has 3 atom stereocenters. The molecule has 0 radical (unpaired) electrons. The third kappa shape index (κ3) is 4.97. The number of rotatable bonds is 6. The molecule has 2 bridgehead atoms. The maximum Gasteiger partial charge on any atom is 0.407 e. The van der Waals surface area contributed by atoms with Gasteiger partial charge in [-0.05, 0) is 98.5 Å². The largest absolute Gasteiger partial charge is 0.494 e. The lowest BCUT2D eigenvalue weighted by Crippen LogP contribution is -2.46. The van der Waals surface area contributed by atoms with Crippen LogP contribution in [0.2, 0.25) is 0 Å². The van der Waals surface area contributed by atoms with Crippen LogP contribution in [0.4, 0.5) is 4.79 Å². The van der Waals surface area contributed by atoms with Crippen molar-refractivity contribution in [3.05, 3.63) is 46.4 Å². The average Bonchev–Trinajstić information content (AvgIpc) is 3.27. The summed E-state index contributed by atoms with van der Waals surface area (Å²) in [7, 11) is 3.64. The Bertz CT molecular complexity index is 1760. The third-order valence-electron chi connectivity index (χ3n) is 9.17. The minimum absolute atomic E-state index is 0.0671. The number of aromatic nitrogens is 3. The molecule has 1 N–H and O–H groups in total. The van der Waals surface area contributed by atoms with Gasteiger partial charge in [-0.15, -0.1) is 0 Å². The number of likely N-dealkylation sites (tertiary alicyclic amines) is 1. The highest BCUT2D eigenvalue weighted by atomic mass is 79.9. The molecule has 1 saturated heterocycles. The lowest BCUT2D eigenvalue weighted by Gasteiger charge is -2.28. The van der Waals surface area contributed by atoms with Gasteiger partial charge in [0.05, 0.1) is 35.9 Å². The number of hydrogen-bond acceptors (Lipinski definition) is 5. The van der Waals surface area contributed by atoms with Crippen LogP contribution in [-0.2, 0) is 18.3 Å². The molecule has 43 heavy (non-hydrogen) atoms. The standard InChI is InChI=1S/C33H38BrN5O4/c1-33(2,3)43-32(41)36-27-20-11-12-24(27)39(17-20)31(40)21-13-23-29(26(15-21)42-5)37(4)30(35-23)25-14-19-7-6-8-22(34)28(19)38(25)16-18-9-10-18/h6-8,13-15,18,20,24,27H,9-12,16-17H2,1-5H3,(H,36,41). The molecule has 0 spiro atoms. The molecule has 2 aromatic carbocycles. The van der Waals surface area contributed by atoms with E-state index in [0.717, 1.165) is 46.4 Å². The van der Waals surface area contributed by atoms with Crippen molar-refractivity contribution in [2.75, 3.05) is 13.7 Å². The first-order valence-electron chi connectivity index (χ1n) is 15.2. The van der Waals surface area contributed by atoms with Gasteiger partial charge < -0.3 is 28.8 Å². The third-order valence-corrected chi connectivity index (χ3v) is 9.81. The van der Waals surface area contributed by atoms with Crippen LogP contribution in [-0.4, -0.2) is 62.4 Å². The number of nitrogens with one attached hydrogen (secondary N) is 1. The maximum absolute atomic E-state index is 14.0. The van der Waals surface area contributed by atoms with E-state index < -0.39 is 11.7 Å². The summed E-state index contributed by atoms with van der Waals surface area (Å²) < 4.78 is 16.9. The second kappa shape index (κ2) is 10.3. The van der Waals surface area contributed by atoms with Gasteiger partial charge in [-0.25, -0.2) is 9.78 Å². The SMILES string of the molecule is COc1cc(C(=O)N2CC3CCC2C3NC(=O)OC(C)(C)C)cc2nc(-c3cc4cccc(Br)c4n3CC3CC3)n(C)c12. The lowest BCUT2D eigenvalue weighted by atomic mass is 10.1. The van der Waals surface area contributed by atoms with E-state index >= 15 is 0 Å². The van der Waals surface area contributed by atoms with Crippen molar-refractivity contribution in [3.8, 4) is 17.3 Å². The van der Waals surface area contributed by atoms with Crippen LogP contribution < -0.4 is 10.1 Å². The van der Waals surface area contributed by atoms with E-state index in [2.05, 4.69) is 54.6 Å². The molecule has 10 heteroatoms. The number of alkyl carbamates (subject to hydrolysis) is 1. The van der Waals surface area contributed by atoms with Gasteiger partial charge in [0.2, 0.25) is 0 Å². The van der Waals surface area contributed by atoms with Crippen LogP contribution in [0.3, 0.4) is 0 Å². The van der Waals surface area contributed by atoms with E-state index in [4.69, 9.17) is 14.5 Å². The highest BCUT2D eigenvalue weighted by molar-refractivity contribution is 9.10. The number of methoxy groups -OCH3 is 1.